The molecule has 0 radical (unpaired) electrons. The molecule has 2 aromatic heterocycles. The maximum atomic E-state index is 5.40. The molecule has 0 saturated heterocycles. The number of aromatic nitrogens is 4. The number of fused-ring (bicyclic) bond motifs is 1. The lowest BCUT2D eigenvalue weighted by molar-refractivity contribution is 0.358. The molecule has 7 heteroatoms. The SMILES string of the molecule is CC1CCCC(Nc2nc(NN)nc3[nH]ncc23)C1. The van der Waals surface area contributed by atoms with Crippen LogP contribution in [0.2, 0.25) is 0 Å². The summed E-state index contributed by atoms with van der Waals surface area (Å²) in [5.74, 6) is 7.35. The zero-order valence-corrected chi connectivity index (χ0v) is 11.0. The van der Waals surface area contributed by atoms with E-state index in [1.165, 1.54) is 25.7 Å². The Kier molecular flexibility index (Phi) is 3.20. The van der Waals surface area contributed by atoms with Crippen LogP contribution in [0.1, 0.15) is 32.6 Å². The fraction of sp³-hybridized carbons (Fsp3) is 0.583. The summed E-state index contributed by atoms with van der Waals surface area (Å²) >= 11 is 0. The molecule has 102 valence electrons. The average molecular weight is 261 g/mol. The van der Waals surface area contributed by atoms with Crippen LogP contribution >= 0.6 is 0 Å². The lowest BCUT2D eigenvalue weighted by atomic mass is 9.87. The minimum atomic E-state index is 0.392. The molecule has 1 aliphatic carbocycles. The van der Waals surface area contributed by atoms with Crippen molar-refractivity contribution in [1.29, 1.82) is 0 Å². The van der Waals surface area contributed by atoms with Gasteiger partial charge in [-0.1, -0.05) is 19.8 Å². The van der Waals surface area contributed by atoms with Gasteiger partial charge in [0.15, 0.2) is 5.65 Å². The van der Waals surface area contributed by atoms with E-state index in [0.29, 0.717) is 17.6 Å². The molecule has 0 amide bonds. The van der Waals surface area contributed by atoms with Crippen molar-refractivity contribution in [1.82, 2.24) is 20.2 Å². The molecular formula is C12H19N7. The number of hydrogen-bond donors (Lipinski definition) is 4. The molecule has 2 aromatic rings. The molecule has 19 heavy (non-hydrogen) atoms. The molecule has 0 aromatic carbocycles. The van der Waals surface area contributed by atoms with E-state index < -0.39 is 0 Å². The first-order valence-corrected chi connectivity index (χ1v) is 6.70. The van der Waals surface area contributed by atoms with Crippen molar-refractivity contribution in [2.24, 2.45) is 11.8 Å². The lowest BCUT2D eigenvalue weighted by Gasteiger charge is -2.28. The van der Waals surface area contributed by atoms with Gasteiger partial charge < -0.3 is 5.32 Å². The Morgan fingerprint density at radius 1 is 1.37 bits per heavy atom. The van der Waals surface area contributed by atoms with Gasteiger partial charge in [0.1, 0.15) is 5.82 Å². The Morgan fingerprint density at radius 3 is 3.05 bits per heavy atom. The number of hydrazine groups is 1. The number of nitrogens with two attached hydrogens (primary N) is 1. The highest BCUT2D eigenvalue weighted by Gasteiger charge is 2.20. The maximum Gasteiger partial charge on any atom is 0.241 e. The van der Waals surface area contributed by atoms with Gasteiger partial charge in [0.2, 0.25) is 5.95 Å². The van der Waals surface area contributed by atoms with E-state index in [4.69, 9.17) is 5.84 Å². The fourth-order valence-electron chi connectivity index (χ4n) is 2.77. The van der Waals surface area contributed by atoms with Gasteiger partial charge in [-0.2, -0.15) is 15.1 Å². The molecule has 2 atom stereocenters. The second kappa shape index (κ2) is 5.00. The second-order valence-corrected chi connectivity index (χ2v) is 5.29. The molecule has 2 heterocycles. The third-order valence-corrected chi connectivity index (χ3v) is 3.72. The summed E-state index contributed by atoms with van der Waals surface area (Å²) in [5, 5.41) is 11.3. The van der Waals surface area contributed by atoms with Crippen molar-refractivity contribution in [3.8, 4) is 0 Å². The summed E-state index contributed by atoms with van der Waals surface area (Å²) in [4.78, 5) is 8.61. The summed E-state index contributed by atoms with van der Waals surface area (Å²) < 4.78 is 0. The summed E-state index contributed by atoms with van der Waals surface area (Å²) in [6.07, 6.45) is 6.68. The zero-order chi connectivity index (χ0) is 13.2. The standard InChI is InChI=1S/C12H19N7/c1-7-3-2-4-8(5-7)15-10-9-6-14-19-11(9)17-12(16-10)18-13/h6-8H,2-5,13H2,1H3,(H3,14,15,16,17,18,19). The van der Waals surface area contributed by atoms with Crippen LogP contribution in [0.3, 0.4) is 0 Å². The van der Waals surface area contributed by atoms with Gasteiger partial charge in [-0.3, -0.25) is 10.5 Å². The van der Waals surface area contributed by atoms with Crippen molar-refractivity contribution in [3.63, 3.8) is 0 Å². The summed E-state index contributed by atoms with van der Waals surface area (Å²) in [6.45, 7) is 2.30. The topological polar surface area (TPSA) is 105 Å². The first-order valence-electron chi connectivity index (χ1n) is 6.70. The molecule has 1 aliphatic rings. The first kappa shape index (κ1) is 12.2. The van der Waals surface area contributed by atoms with Crippen LogP contribution in [-0.4, -0.2) is 26.2 Å². The minimum Gasteiger partial charge on any atom is -0.367 e. The van der Waals surface area contributed by atoms with Gasteiger partial charge in [-0.15, -0.1) is 0 Å². The molecule has 0 aliphatic heterocycles. The van der Waals surface area contributed by atoms with Gasteiger partial charge in [0.25, 0.3) is 0 Å². The number of H-pyrrole nitrogens is 1. The van der Waals surface area contributed by atoms with Crippen LogP contribution in [0.4, 0.5) is 11.8 Å². The van der Waals surface area contributed by atoms with E-state index in [1.54, 1.807) is 6.20 Å². The van der Waals surface area contributed by atoms with E-state index in [2.05, 4.69) is 37.8 Å². The molecule has 3 rings (SSSR count). The van der Waals surface area contributed by atoms with Gasteiger partial charge in [0.05, 0.1) is 11.6 Å². The number of rotatable bonds is 3. The average Bonchev–Trinajstić information content (AvgIpc) is 2.87. The molecule has 0 spiro atoms. The van der Waals surface area contributed by atoms with E-state index in [0.717, 1.165) is 17.1 Å². The predicted molar refractivity (Wildman–Crippen MR) is 74.5 cm³/mol. The predicted octanol–water partition coefficient (Wildman–Crippen LogP) is 1.63. The summed E-state index contributed by atoms with van der Waals surface area (Å²) in [6, 6.07) is 0.461. The smallest absolute Gasteiger partial charge is 0.241 e. The van der Waals surface area contributed by atoms with E-state index >= 15 is 0 Å². The highest BCUT2D eigenvalue weighted by Crippen LogP contribution is 2.28. The van der Waals surface area contributed by atoms with Crippen LogP contribution in [0.15, 0.2) is 6.20 Å². The Hall–Kier alpha value is -1.89. The van der Waals surface area contributed by atoms with Gasteiger partial charge in [0, 0.05) is 6.04 Å². The number of nitrogens with zero attached hydrogens (tertiary/aromatic N) is 3. The molecular weight excluding hydrogens is 242 g/mol. The number of nitrogen functional groups attached to an aromatic ring is 1. The number of hydrogen-bond acceptors (Lipinski definition) is 6. The van der Waals surface area contributed by atoms with Crippen molar-refractivity contribution >= 4 is 22.8 Å². The first-order chi connectivity index (χ1) is 9.26. The van der Waals surface area contributed by atoms with E-state index in [-0.39, 0.29) is 0 Å². The van der Waals surface area contributed by atoms with E-state index in [1.807, 2.05) is 0 Å². The van der Waals surface area contributed by atoms with Crippen molar-refractivity contribution < 1.29 is 0 Å². The summed E-state index contributed by atoms with van der Waals surface area (Å²) in [5.41, 5.74) is 3.17. The van der Waals surface area contributed by atoms with Crippen LogP contribution in [0.25, 0.3) is 11.0 Å². The number of nitrogens with one attached hydrogen (secondary N) is 3. The monoisotopic (exact) mass is 261 g/mol. The molecule has 1 saturated carbocycles. The molecule has 7 nitrogen and oxygen atoms in total. The Morgan fingerprint density at radius 2 is 2.26 bits per heavy atom. The molecule has 5 N–H and O–H groups in total. The molecule has 2 unspecified atom stereocenters. The van der Waals surface area contributed by atoms with Crippen LogP contribution < -0.4 is 16.6 Å². The minimum absolute atomic E-state index is 0.392. The van der Waals surface area contributed by atoms with E-state index in [9.17, 15) is 0 Å². The van der Waals surface area contributed by atoms with Crippen molar-refractivity contribution in [3.05, 3.63) is 6.20 Å². The van der Waals surface area contributed by atoms with Crippen molar-refractivity contribution in [2.45, 2.75) is 38.6 Å². The van der Waals surface area contributed by atoms with Crippen LogP contribution in [0.5, 0.6) is 0 Å². The van der Waals surface area contributed by atoms with Crippen molar-refractivity contribution in [2.75, 3.05) is 10.7 Å². The highest BCUT2D eigenvalue weighted by molar-refractivity contribution is 5.87. The fourth-order valence-corrected chi connectivity index (χ4v) is 2.77. The van der Waals surface area contributed by atoms with Gasteiger partial charge >= 0.3 is 0 Å². The normalized spacial score (nSPS) is 23.5. The third-order valence-electron chi connectivity index (χ3n) is 3.72. The molecule has 0 bridgehead atoms. The number of aromatic amines is 1. The van der Waals surface area contributed by atoms with Gasteiger partial charge in [-0.25, -0.2) is 5.84 Å². The zero-order valence-electron chi connectivity index (χ0n) is 11.0. The Balaban J connectivity index is 1.88. The maximum absolute atomic E-state index is 5.40. The van der Waals surface area contributed by atoms with Gasteiger partial charge in [-0.05, 0) is 18.8 Å². The quantitative estimate of drug-likeness (QED) is 0.494. The second-order valence-electron chi connectivity index (χ2n) is 5.29. The number of anilines is 2. The lowest BCUT2D eigenvalue weighted by Crippen LogP contribution is -2.27. The van der Waals surface area contributed by atoms with Crippen LogP contribution in [0, 0.1) is 5.92 Å². The molecule has 1 fully saturated rings. The van der Waals surface area contributed by atoms with Crippen LogP contribution in [-0.2, 0) is 0 Å². The highest BCUT2D eigenvalue weighted by atomic mass is 15.3. The largest absolute Gasteiger partial charge is 0.367 e. The summed E-state index contributed by atoms with van der Waals surface area (Å²) in [7, 11) is 0. The Bertz CT molecular complexity index is 564. The Labute approximate surface area is 111 Å². The third kappa shape index (κ3) is 2.46.